The fourth-order valence-corrected chi connectivity index (χ4v) is 1.87. The van der Waals surface area contributed by atoms with E-state index in [0.717, 1.165) is 12.8 Å². The molecule has 1 fully saturated rings. The summed E-state index contributed by atoms with van der Waals surface area (Å²) in [6.07, 6.45) is 3.82. The van der Waals surface area contributed by atoms with Gasteiger partial charge in [-0.15, -0.1) is 0 Å². The number of aromatic nitrogens is 2. The number of para-hydroxylation sites is 1. The lowest BCUT2D eigenvalue weighted by Crippen LogP contribution is -2.06. The van der Waals surface area contributed by atoms with Crippen LogP contribution in [0.3, 0.4) is 0 Å². The van der Waals surface area contributed by atoms with Gasteiger partial charge in [-0.1, -0.05) is 12.1 Å². The molecule has 0 saturated heterocycles. The van der Waals surface area contributed by atoms with Crippen molar-refractivity contribution in [1.29, 1.82) is 0 Å². The van der Waals surface area contributed by atoms with Crippen LogP contribution in [0.1, 0.15) is 12.8 Å². The Kier molecular flexibility index (Phi) is 3.45. The SMILES string of the molecule is FC(F)Oc1ccccc1-c1ccnc(NC2CC2)n1. The fraction of sp³-hybridized carbons (Fsp3) is 0.286. The van der Waals surface area contributed by atoms with Crippen LogP contribution < -0.4 is 10.1 Å². The third kappa shape index (κ3) is 3.01. The molecule has 0 spiro atoms. The number of hydrogen-bond acceptors (Lipinski definition) is 4. The Morgan fingerprint density at radius 2 is 2.00 bits per heavy atom. The number of alkyl halides is 2. The predicted molar refractivity (Wildman–Crippen MR) is 70.7 cm³/mol. The van der Waals surface area contributed by atoms with E-state index in [4.69, 9.17) is 0 Å². The molecule has 0 amide bonds. The van der Waals surface area contributed by atoms with Crippen LogP contribution in [0, 0.1) is 0 Å². The average molecular weight is 277 g/mol. The van der Waals surface area contributed by atoms with Crippen LogP contribution in [0.5, 0.6) is 5.75 Å². The lowest BCUT2D eigenvalue weighted by atomic mass is 10.1. The molecule has 1 saturated carbocycles. The van der Waals surface area contributed by atoms with Gasteiger partial charge in [0.25, 0.3) is 0 Å². The van der Waals surface area contributed by atoms with Crippen LogP contribution in [0.15, 0.2) is 36.5 Å². The lowest BCUT2D eigenvalue weighted by Gasteiger charge is -2.10. The van der Waals surface area contributed by atoms with Crippen molar-refractivity contribution in [2.45, 2.75) is 25.5 Å². The molecule has 1 aliphatic carbocycles. The summed E-state index contributed by atoms with van der Waals surface area (Å²) in [5, 5.41) is 3.18. The van der Waals surface area contributed by atoms with Crippen molar-refractivity contribution in [3.05, 3.63) is 36.5 Å². The molecule has 20 heavy (non-hydrogen) atoms. The predicted octanol–water partition coefficient (Wildman–Crippen LogP) is 3.32. The third-order valence-corrected chi connectivity index (χ3v) is 2.95. The summed E-state index contributed by atoms with van der Waals surface area (Å²) in [4.78, 5) is 8.47. The number of nitrogens with zero attached hydrogens (tertiary/aromatic N) is 2. The van der Waals surface area contributed by atoms with Crippen molar-refractivity contribution in [3.63, 3.8) is 0 Å². The Morgan fingerprint density at radius 1 is 1.20 bits per heavy atom. The smallest absolute Gasteiger partial charge is 0.387 e. The van der Waals surface area contributed by atoms with E-state index >= 15 is 0 Å². The van der Waals surface area contributed by atoms with Crippen molar-refractivity contribution in [1.82, 2.24) is 9.97 Å². The molecule has 0 aliphatic heterocycles. The molecular formula is C14H13F2N3O. The van der Waals surface area contributed by atoms with E-state index in [1.807, 2.05) is 0 Å². The fourth-order valence-electron chi connectivity index (χ4n) is 1.87. The van der Waals surface area contributed by atoms with Crippen LogP contribution in [0.25, 0.3) is 11.3 Å². The monoisotopic (exact) mass is 277 g/mol. The second-order valence-electron chi connectivity index (χ2n) is 4.56. The number of rotatable bonds is 5. The second-order valence-corrected chi connectivity index (χ2v) is 4.56. The third-order valence-electron chi connectivity index (χ3n) is 2.95. The first-order valence-electron chi connectivity index (χ1n) is 6.36. The Labute approximate surface area is 114 Å². The van der Waals surface area contributed by atoms with E-state index in [9.17, 15) is 8.78 Å². The van der Waals surface area contributed by atoms with Gasteiger partial charge in [0.2, 0.25) is 5.95 Å². The van der Waals surface area contributed by atoms with Crippen molar-refractivity contribution in [2.75, 3.05) is 5.32 Å². The van der Waals surface area contributed by atoms with Gasteiger partial charge < -0.3 is 10.1 Å². The highest BCUT2D eigenvalue weighted by Crippen LogP contribution is 2.30. The zero-order valence-electron chi connectivity index (χ0n) is 10.6. The number of halogens is 2. The standard InChI is InChI=1S/C14H13F2N3O/c15-13(16)20-12-4-2-1-3-10(12)11-7-8-17-14(19-11)18-9-5-6-9/h1-4,7-9,13H,5-6H2,(H,17,18,19). The van der Waals surface area contributed by atoms with Gasteiger partial charge in [0, 0.05) is 17.8 Å². The number of anilines is 1. The van der Waals surface area contributed by atoms with E-state index in [0.29, 0.717) is 23.2 Å². The van der Waals surface area contributed by atoms with E-state index in [1.165, 1.54) is 6.07 Å². The summed E-state index contributed by atoms with van der Waals surface area (Å²) < 4.78 is 29.3. The zero-order chi connectivity index (χ0) is 13.9. The van der Waals surface area contributed by atoms with Gasteiger partial charge in [0.15, 0.2) is 0 Å². The topological polar surface area (TPSA) is 47.0 Å². The first-order valence-corrected chi connectivity index (χ1v) is 6.36. The van der Waals surface area contributed by atoms with Gasteiger partial charge in [0.05, 0.1) is 5.69 Å². The molecule has 1 heterocycles. The highest BCUT2D eigenvalue weighted by Gasteiger charge is 2.22. The maximum Gasteiger partial charge on any atom is 0.387 e. The largest absolute Gasteiger partial charge is 0.434 e. The summed E-state index contributed by atoms with van der Waals surface area (Å²) in [7, 11) is 0. The van der Waals surface area contributed by atoms with Gasteiger partial charge in [-0.3, -0.25) is 0 Å². The number of nitrogens with one attached hydrogen (secondary N) is 1. The summed E-state index contributed by atoms with van der Waals surface area (Å²) in [6.45, 7) is -2.86. The first kappa shape index (κ1) is 12.8. The number of benzene rings is 1. The lowest BCUT2D eigenvalue weighted by molar-refractivity contribution is -0.0494. The molecule has 6 heteroatoms. The van der Waals surface area contributed by atoms with Crippen LogP contribution in [0.2, 0.25) is 0 Å². The molecule has 4 nitrogen and oxygen atoms in total. The quantitative estimate of drug-likeness (QED) is 0.910. The van der Waals surface area contributed by atoms with Crippen molar-refractivity contribution in [2.24, 2.45) is 0 Å². The van der Waals surface area contributed by atoms with Gasteiger partial charge in [0.1, 0.15) is 5.75 Å². The Morgan fingerprint density at radius 3 is 2.75 bits per heavy atom. The molecule has 104 valence electrons. The number of hydrogen-bond donors (Lipinski definition) is 1. The maximum atomic E-state index is 12.4. The van der Waals surface area contributed by atoms with Gasteiger partial charge in [-0.2, -0.15) is 8.78 Å². The molecule has 2 aromatic rings. The van der Waals surface area contributed by atoms with Crippen molar-refractivity contribution in [3.8, 4) is 17.0 Å². The van der Waals surface area contributed by atoms with E-state index in [-0.39, 0.29) is 5.75 Å². The van der Waals surface area contributed by atoms with E-state index in [2.05, 4.69) is 20.0 Å². The Hall–Kier alpha value is -2.24. The minimum absolute atomic E-state index is 0.110. The minimum Gasteiger partial charge on any atom is -0.434 e. The average Bonchev–Trinajstić information content (AvgIpc) is 3.23. The molecule has 0 radical (unpaired) electrons. The summed E-state index contributed by atoms with van der Waals surface area (Å²) in [5.74, 6) is 0.621. The number of ether oxygens (including phenoxy) is 1. The van der Waals surface area contributed by atoms with Gasteiger partial charge in [-0.05, 0) is 31.0 Å². The molecule has 0 bridgehead atoms. The van der Waals surface area contributed by atoms with Crippen LogP contribution in [0.4, 0.5) is 14.7 Å². The molecule has 1 aromatic carbocycles. The highest BCUT2D eigenvalue weighted by atomic mass is 19.3. The minimum atomic E-state index is -2.86. The summed E-state index contributed by atoms with van der Waals surface area (Å²) in [5.41, 5.74) is 1.08. The second kappa shape index (κ2) is 5.40. The van der Waals surface area contributed by atoms with Crippen molar-refractivity contribution < 1.29 is 13.5 Å². The summed E-state index contributed by atoms with van der Waals surface area (Å²) >= 11 is 0. The zero-order valence-corrected chi connectivity index (χ0v) is 10.6. The molecule has 0 unspecified atom stereocenters. The maximum absolute atomic E-state index is 12.4. The van der Waals surface area contributed by atoms with Gasteiger partial charge >= 0.3 is 6.61 Å². The van der Waals surface area contributed by atoms with Crippen LogP contribution in [-0.4, -0.2) is 22.6 Å². The molecule has 3 rings (SSSR count). The van der Waals surface area contributed by atoms with Crippen LogP contribution >= 0.6 is 0 Å². The van der Waals surface area contributed by atoms with Crippen LogP contribution in [-0.2, 0) is 0 Å². The summed E-state index contributed by atoms with van der Waals surface area (Å²) in [6, 6.07) is 8.69. The molecular weight excluding hydrogens is 264 g/mol. The first-order chi connectivity index (χ1) is 9.72. The highest BCUT2D eigenvalue weighted by molar-refractivity contribution is 5.67. The molecule has 0 atom stereocenters. The van der Waals surface area contributed by atoms with E-state index < -0.39 is 6.61 Å². The van der Waals surface area contributed by atoms with Crippen molar-refractivity contribution >= 4 is 5.95 Å². The Bertz CT molecular complexity index is 602. The molecule has 1 N–H and O–H groups in total. The normalized spacial score (nSPS) is 14.3. The molecule has 1 aromatic heterocycles. The van der Waals surface area contributed by atoms with Gasteiger partial charge in [-0.25, -0.2) is 9.97 Å². The van der Waals surface area contributed by atoms with E-state index in [1.54, 1.807) is 30.5 Å². The molecule has 1 aliphatic rings. The Balaban J connectivity index is 1.91.